The minimum atomic E-state index is -0.575. The SMILES string of the molecule is CC(O)c1ccccc1N1CC(CCl)CC1=O. The summed E-state index contributed by atoms with van der Waals surface area (Å²) in [5.41, 5.74) is 1.59. The Hall–Kier alpha value is -1.06. The van der Waals surface area contributed by atoms with Crippen LogP contribution in [0.25, 0.3) is 0 Å². The van der Waals surface area contributed by atoms with Crippen LogP contribution in [-0.2, 0) is 4.79 Å². The number of anilines is 1. The number of amides is 1. The van der Waals surface area contributed by atoms with Gasteiger partial charge < -0.3 is 10.0 Å². The van der Waals surface area contributed by atoms with Crippen molar-refractivity contribution in [2.75, 3.05) is 17.3 Å². The smallest absolute Gasteiger partial charge is 0.227 e. The van der Waals surface area contributed by atoms with Crippen LogP contribution in [0.5, 0.6) is 0 Å². The lowest BCUT2D eigenvalue weighted by Crippen LogP contribution is -2.26. The second-order valence-corrected chi connectivity index (χ2v) is 4.77. The summed E-state index contributed by atoms with van der Waals surface area (Å²) in [6.45, 7) is 2.35. The van der Waals surface area contributed by atoms with E-state index in [9.17, 15) is 9.90 Å². The first-order valence-corrected chi connectivity index (χ1v) is 6.30. The highest BCUT2D eigenvalue weighted by molar-refractivity contribution is 6.18. The number of alkyl halides is 1. The van der Waals surface area contributed by atoms with Crippen molar-refractivity contribution in [3.05, 3.63) is 29.8 Å². The molecule has 1 heterocycles. The minimum Gasteiger partial charge on any atom is -0.389 e. The molecule has 17 heavy (non-hydrogen) atoms. The number of carbonyl (C=O) groups excluding carboxylic acids is 1. The van der Waals surface area contributed by atoms with Crippen LogP contribution in [0.4, 0.5) is 5.69 Å². The number of carbonyl (C=O) groups is 1. The molecule has 0 bridgehead atoms. The fourth-order valence-corrected chi connectivity index (χ4v) is 2.41. The van der Waals surface area contributed by atoms with E-state index in [1.807, 2.05) is 24.3 Å². The van der Waals surface area contributed by atoms with E-state index in [0.717, 1.165) is 11.3 Å². The first kappa shape index (κ1) is 12.4. The summed E-state index contributed by atoms with van der Waals surface area (Å²) >= 11 is 5.80. The third kappa shape index (κ3) is 2.45. The van der Waals surface area contributed by atoms with Gasteiger partial charge in [-0.15, -0.1) is 11.6 Å². The molecule has 0 saturated carbocycles. The largest absolute Gasteiger partial charge is 0.389 e. The molecule has 1 aliphatic heterocycles. The fourth-order valence-electron chi connectivity index (χ4n) is 2.20. The topological polar surface area (TPSA) is 40.5 Å². The number of benzene rings is 1. The molecule has 1 saturated heterocycles. The second kappa shape index (κ2) is 5.07. The molecule has 1 N–H and O–H groups in total. The summed E-state index contributed by atoms with van der Waals surface area (Å²) in [7, 11) is 0. The zero-order valence-electron chi connectivity index (χ0n) is 9.77. The van der Waals surface area contributed by atoms with Gasteiger partial charge in [-0.2, -0.15) is 0 Å². The third-order valence-corrected chi connectivity index (χ3v) is 3.54. The number of hydrogen-bond donors (Lipinski definition) is 1. The molecule has 4 heteroatoms. The second-order valence-electron chi connectivity index (χ2n) is 4.46. The number of para-hydroxylation sites is 1. The van der Waals surface area contributed by atoms with Gasteiger partial charge in [0.15, 0.2) is 0 Å². The number of halogens is 1. The van der Waals surface area contributed by atoms with Crippen LogP contribution in [0.3, 0.4) is 0 Å². The van der Waals surface area contributed by atoms with E-state index in [0.29, 0.717) is 18.8 Å². The van der Waals surface area contributed by atoms with Crippen molar-refractivity contribution < 1.29 is 9.90 Å². The molecule has 1 aliphatic rings. The molecule has 0 spiro atoms. The van der Waals surface area contributed by atoms with Gasteiger partial charge in [0.25, 0.3) is 0 Å². The summed E-state index contributed by atoms with van der Waals surface area (Å²) in [5.74, 6) is 0.800. The summed E-state index contributed by atoms with van der Waals surface area (Å²) in [6, 6.07) is 7.46. The van der Waals surface area contributed by atoms with Gasteiger partial charge in [-0.05, 0) is 18.9 Å². The maximum absolute atomic E-state index is 11.9. The van der Waals surface area contributed by atoms with Crippen LogP contribution in [0.15, 0.2) is 24.3 Å². The molecular weight excluding hydrogens is 238 g/mol. The van der Waals surface area contributed by atoms with Crippen LogP contribution in [0, 0.1) is 5.92 Å². The fraction of sp³-hybridized carbons (Fsp3) is 0.462. The van der Waals surface area contributed by atoms with Gasteiger partial charge in [-0.3, -0.25) is 4.79 Å². The Balaban J connectivity index is 2.31. The molecule has 0 aliphatic carbocycles. The van der Waals surface area contributed by atoms with Gasteiger partial charge in [0.05, 0.1) is 6.10 Å². The van der Waals surface area contributed by atoms with Crippen molar-refractivity contribution in [2.24, 2.45) is 5.92 Å². The summed E-state index contributed by atoms with van der Waals surface area (Å²) in [5, 5.41) is 9.71. The van der Waals surface area contributed by atoms with Gasteiger partial charge in [-0.25, -0.2) is 0 Å². The Kier molecular flexibility index (Phi) is 3.69. The summed E-state index contributed by atoms with van der Waals surface area (Å²) in [4.78, 5) is 13.6. The Labute approximate surface area is 106 Å². The maximum Gasteiger partial charge on any atom is 0.227 e. The van der Waals surface area contributed by atoms with Crippen molar-refractivity contribution in [2.45, 2.75) is 19.4 Å². The number of aliphatic hydroxyl groups excluding tert-OH is 1. The van der Waals surface area contributed by atoms with E-state index >= 15 is 0 Å². The minimum absolute atomic E-state index is 0.0868. The lowest BCUT2D eigenvalue weighted by atomic mass is 10.1. The van der Waals surface area contributed by atoms with E-state index < -0.39 is 6.10 Å². The van der Waals surface area contributed by atoms with Crippen molar-refractivity contribution in [3.63, 3.8) is 0 Å². The van der Waals surface area contributed by atoms with Gasteiger partial charge in [-0.1, -0.05) is 18.2 Å². The molecule has 92 valence electrons. The molecule has 1 fully saturated rings. The first-order chi connectivity index (χ1) is 8.13. The highest BCUT2D eigenvalue weighted by Gasteiger charge is 2.31. The van der Waals surface area contributed by atoms with E-state index in [4.69, 9.17) is 11.6 Å². The third-order valence-electron chi connectivity index (χ3n) is 3.10. The van der Waals surface area contributed by atoms with Gasteiger partial charge >= 0.3 is 0 Å². The van der Waals surface area contributed by atoms with Crippen LogP contribution >= 0.6 is 11.6 Å². The normalized spacial score (nSPS) is 21.9. The van der Waals surface area contributed by atoms with E-state index in [1.54, 1.807) is 11.8 Å². The number of rotatable bonds is 3. The van der Waals surface area contributed by atoms with Gasteiger partial charge in [0.2, 0.25) is 5.91 Å². The molecule has 3 nitrogen and oxygen atoms in total. The first-order valence-electron chi connectivity index (χ1n) is 5.76. The highest BCUT2D eigenvalue weighted by atomic mass is 35.5. The zero-order chi connectivity index (χ0) is 12.4. The molecule has 1 aromatic rings. The van der Waals surface area contributed by atoms with Crippen LogP contribution in [-0.4, -0.2) is 23.4 Å². The standard InChI is InChI=1S/C13H16ClNO2/c1-9(16)11-4-2-3-5-12(11)15-8-10(7-14)6-13(15)17/h2-5,9-10,16H,6-8H2,1H3. The predicted octanol–water partition coefficient (Wildman–Crippen LogP) is 2.33. The molecule has 2 rings (SSSR count). The molecule has 1 aromatic carbocycles. The summed E-state index contributed by atoms with van der Waals surface area (Å²) < 4.78 is 0. The van der Waals surface area contributed by atoms with E-state index in [1.165, 1.54) is 0 Å². The zero-order valence-corrected chi connectivity index (χ0v) is 10.5. The van der Waals surface area contributed by atoms with Crippen molar-refractivity contribution >= 4 is 23.2 Å². The lowest BCUT2D eigenvalue weighted by molar-refractivity contribution is -0.117. The molecular formula is C13H16ClNO2. The Bertz CT molecular complexity index is 420. The van der Waals surface area contributed by atoms with Crippen molar-refractivity contribution in [3.8, 4) is 0 Å². The molecule has 0 radical (unpaired) electrons. The van der Waals surface area contributed by atoms with Crippen molar-refractivity contribution in [1.82, 2.24) is 0 Å². The monoisotopic (exact) mass is 253 g/mol. The average Bonchev–Trinajstić information content (AvgIpc) is 2.70. The number of nitrogens with zero attached hydrogens (tertiary/aromatic N) is 1. The summed E-state index contributed by atoms with van der Waals surface area (Å²) in [6.07, 6.45) is -0.0773. The van der Waals surface area contributed by atoms with Crippen LogP contribution in [0.1, 0.15) is 25.0 Å². The highest BCUT2D eigenvalue weighted by Crippen LogP contribution is 2.31. The van der Waals surface area contributed by atoms with Crippen LogP contribution < -0.4 is 4.90 Å². The number of hydrogen-bond acceptors (Lipinski definition) is 2. The number of aliphatic hydroxyl groups is 1. The Morgan fingerprint density at radius 3 is 2.82 bits per heavy atom. The molecule has 2 atom stereocenters. The quantitative estimate of drug-likeness (QED) is 0.840. The van der Waals surface area contributed by atoms with Gasteiger partial charge in [0.1, 0.15) is 0 Å². The van der Waals surface area contributed by atoms with Crippen molar-refractivity contribution in [1.29, 1.82) is 0 Å². The average molecular weight is 254 g/mol. The molecule has 2 unspecified atom stereocenters. The Morgan fingerprint density at radius 2 is 2.24 bits per heavy atom. The van der Waals surface area contributed by atoms with E-state index in [-0.39, 0.29) is 11.8 Å². The predicted molar refractivity (Wildman–Crippen MR) is 68.3 cm³/mol. The Morgan fingerprint density at radius 1 is 1.53 bits per heavy atom. The van der Waals surface area contributed by atoms with Gasteiger partial charge in [0, 0.05) is 30.1 Å². The van der Waals surface area contributed by atoms with E-state index in [2.05, 4.69) is 0 Å². The maximum atomic E-state index is 11.9. The molecule has 0 aromatic heterocycles. The molecule has 1 amide bonds. The lowest BCUT2D eigenvalue weighted by Gasteiger charge is -2.21. The van der Waals surface area contributed by atoms with Crippen LogP contribution in [0.2, 0.25) is 0 Å².